The Labute approximate surface area is 132 Å². The van der Waals surface area contributed by atoms with Crippen molar-refractivity contribution in [1.29, 1.82) is 0 Å². The normalized spacial score (nSPS) is 11.4. The van der Waals surface area contributed by atoms with Crippen LogP contribution in [-0.4, -0.2) is 17.8 Å². The van der Waals surface area contributed by atoms with E-state index in [1.54, 1.807) is 0 Å². The van der Waals surface area contributed by atoms with E-state index in [1.165, 1.54) is 11.8 Å². The van der Waals surface area contributed by atoms with E-state index in [0.29, 0.717) is 11.7 Å². The summed E-state index contributed by atoms with van der Waals surface area (Å²) in [6.45, 7) is 9.75. The van der Waals surface area contributed by atoms with Gasteiger partial charge in [-0.05, 0) is 37.0 Å². The zero-order valence-corrected chi connectivity index (χ0v) is 13.7. The van der Waals surface area contributed by atoms with Crippen molar-refractivity contribution in [2.24, 2.45) is 5.92 Å². The minimum Gasteiger partial charge on any atom is -0.449 e. The maximum absolute atomic E-state index is 11.9. The van der Waals surface area contributed by atoms with Crippen LogP contribution in [0, 0.1) is 17.8 Å². The molecule has 0 N–H and O–H groups in total. The number of carbonyl (C=O) groups excluding carboxylic acids is 1. The third kappa shape index (κ3) is 8.27. The highest BCUT2D eigenvalue weighted by Crippen LogP contribution is 2.18. The molecule has 1 aromatic carbocycles. The van der Waals surface area contributed by atoms with Gasteiger partial charge in [0.1, 0.15) is 0 Å². The SMILES string of the molecule is C=C(C)C#CC(CC(C)C)OC(=O)CSc1ccccc1. The maximum atomic E-state index is 11.9. The van der Waals surface area contributed by atoms with Crippen molar-refractivity contribution in [3.05, 3.63) is 42.5 Å². The second-order valence-electron chi connectivity index (χ2n) is 5.26. The van der Waals surface area contributed by atoms with Gasteiger partial charge in [-0.15, -0.1) is 11.8 Å². The highest BCUT2D eigenvalue weighted by Gasteiger charge is 2.14. The van der Waals surface area contributed by atoms with Crippen LogP contribution in [0.2, 0.25) is 0 Å². The largest absolute Gasteiger partial charge is 0.449 e. The first-order valence-corrected chi connectivity index (χ1v) is 8.00. The lowest BCUT2D eigenvalue weighted by atomic mass is 10.1. The van der Waals surface area contributed by atoms with Crippen molar-refractivity contribution < 1.29 is 9.53 Å². The Morgan fingerprint density at radius 1 is 1.33 bits per heavy atom. The van der Waals surface area contributed by atoms with Gasteiger partial charge in [-0.3, -0.25) is 4.79 Å². The third-order valence-electron chi connectivity index (χ3n) is 2.51. The molecule has 0 saturated carbocycles. The summed E-state index contributed by atoms with van der Waals surface area (Å²) < 4.78 is 5.46. The molecule has 0 saturated heterocycles. The van der Waals surface area contributed by atoms with Gasteiger partial charge in [-0.1, -0.05) is 50.5 Å². The molecular weight excluding hydrogens is 280 g/mol. The Balaban J connectivity index is 2.52. The predicted octanol–water partition coefficient (Wildman–Crippen LogP) is 4.32. The molecule has 0 bridgehead atoms. The molecule has 3 heteroatoms. The van der Waals surface area contributed by atoms with Crippen LogP contribution in [0.25, 0.3) is 0 Å². The first kappa shape index (κ1) is 17.4. The Morgan fingerprint density at radius 3 is 2.57 bits per heavy atom. The molecule has 0 aliphatic rings. The number of carbonyl (C=O) groups is 1. The molecule has 21 heavy (non-hydrogen) atoms. The molecule has 0 heterocycles. The minimum absolute atomic E-state index is 0.231. The Kier molecular flexibility index (Phi) is 7.71. The molecule has 0 spiro atoms. The first-order valence-electron chi connectivity index (χ1n) is 7.01. The summed E-state index contributed by atoms with van der Waals surface area (Å²) >= 11 is 1.47. The Hall–Kier alpha value is -1.66. The molecule has 0 fully saturated rings. The molecule has 0 aliphatic carbocycles. The van der Waals surface area contributed by atoms with Crippen molar-refractivity contribution in [3.8, 4) is 11.8 Å². The van der Waals surface area contributed by atoms with Gasteiger partial charge in [0.15, 0.2) is 6.10 Å². The van der Waals surface area contributed by atoms with Crippen LogP contribution in [0.3, 0.4) is 0 Å². The van der Waals surface area contributed by atoms with Crippen molar-refractivity contribution in [3.63, 3.8) is 0 Å². The molecule has 0 aromatic heterocycles. The zero-order valence-electron chi connectivity index (χ0n) is 12.9. The van der Waals surface area contributed by atoms with E-state index < -0.39 is 0 Å². The lowest BCUT2D eigenvalue weighted by Gasteiger charge is -2.14. The molecule has 0 amide bonds. The summed E-state index contributed by atoms with van der Waals surface area (Å²) in [4.78, 5) is 13.0. The monoisotopic (exact) mass is 302 g/mol. The molecule has 2 nitrogen and oxygen atoms in total. The lowest BCUT2D eigenvalue weighted by Crippen LogP contribution is -2.20. The molecule has 0 radical (unpaired) electrons. The second kappa shape index (κ2) is 9.31. The molecule has 1 unspecified atom stereocenters. The van der Waals surface area contributed by atoms with E-state index in [0.717, 1.165) is 16.9 Å². The fourth-order valence-corrected chi connectivity index (χ4v) is 2.32. The average Bonchev–Trinajstić information content (AvgIpc) is 2.43. The van der Waals surface area contributed by atoms with Gasteiger partial charge in [0, 0.05) is 4.90 Å². The number of allylic oxidation sites excluding steroid dienone is 1. The number of thioether (sulfide) groups is 1. The molecule has 1 aromatic rings. The van der Waals surface area contributed by atoms with Crippen molar-refractivity contribution in [2.75, 3.05) is 5.75 Å². The quantitative estimate of drug-likeness (QED) is 0.445. The van der Waals surface area contributed by atoms with E-state index >= 15 is 0 Å². The van der Waals surface area contributed by atoms with Crippen LogP contribution in [0.4, 0.5) is 0 Å². The van der Waals surface area contributed by atoms with Crippen LogP contribution < -0.4 is 0 Å². The summed E-state index contributed by atoms with van der Waals surface area (Å²) in [5.41, 5.74) is 0.776. The van der Waals surface area contributed by atoms with Crippen LogP contribution in [0.1, 0.15) is 27.2 Å². The van der Waals surface area contributed by atoms with Gasteiger partial charge in [-0.25, -0.2) is 0 Å². The van der Waals surface area contributed by atoms with Crippen LogP contribution in [-0.2, 0) is 9.53 Å². The van der Waals surface area contributed by atoms with Crippen molar-refractivity contribution in [1.82, 2.24) is 0 Å². The minimum atomic E-state index is -0.356. The van der Waals surface area contributed by atoms with E-state index in [9.17, 15) is 4.79 Å². The number of hydrogen-bond donors (Lipinski definition) is 0. The van der Waals surface area contributed by atoms with Gasteiger partial charge < -0.3 is 4.74 Å². The molecule has 1 atom stereocenters. The smallest absolute Gasteiger partial charge is 0.317 e. The van der Waals surface area contributed by atoms with Gasteiger partial charge >= 0.3 is 5.97 Å². The summed E-state index contributed by atoms with van der Waals surface area (Å²) in [6.07, 6.45) is 0.382. The van der Waals surface area contributed by atoms with E-state index in [1.807, 2.05) is 37.3 Å². The topological polar surface area (TPSA) is 26.3 Å². The number of esters is 1. The highest BCUT2D eigenvalue weighted by atomic mass is 32.2. The van der Waals surface area contributed by atoms with E-state index in [2.05, 4.69) is 32.3 Å². The molecule has 0 aliphatic heterocycles. The lowest BCUT2D eigenvalue weighted by molar-refractivity contribution is -0.143. The number of ether oxygens (including phenoxy) is 1. The maximum Gasteiger partial charge on any atom is 0.317 e. The average molecular weight is 302 g/mol. The summed E-state index contributed by atoms with van der Waals surface area (Å²) in [5.74, 6) is 6.37. The molecule has 1 rings (SSSR count). The Bertz CT molecular complexity index is 523. The first-order chi connectivity index (χ1) is 9.97. The fraction of sp³-hybridized carbons (Fsp3) is 0.389. The summed E-state index contributed by atoms with van der Waals surface area (Å²) in [5, 5.41) is 0. The van der Waals surface area contributed by atoms with E-state index in [-0.39, 0.29) is 12.1 Å². The summed E-state index contributed by atoms with van der Waals surface area (Å²) in [6, 6.07) is 9.81. The van der Waals surface area contributed by atoms with Gasteiger partial charge in [0.05, 0.1) is 5.75 Å². The van der Waals surface area contributed by atoms with Gasteiger partial charge in [0.2, 0.25) is 0 Å². The van der Waals surface area contributed by atoms with Crippen LogP contribution in [0.5, 0.6) is 0 Å². The number of hydrogen-bond acceptors (Lipinski definition) is 3. The molecule has 112 valence electrons. The number of rotatable bonds is 6. The summed E-state index contributed by atoms with van der Waals surface area (Å²) in [7, 11) is 0. The van der Waals surface area contributed by atoms with Crippen molar-refractivity contribution in [2.45, 2.75) is 38.2 Å². The van der Waals surface area contributed by atoms with Crippen molar-refractivity contribution >= 4 is 17.7 Å². The standard InChI is InChI=1S/C18H22O2S/c1-14(2)10-11-16(12-15(3)4)20-18(19)13-21-17-8-6-5-7-9-17/h5-9,15-16H,1,12-13H2,2-4H3. The highest BCUT2D eigenvalue weighted by molar-refractivity contribution is 8.00. The molecular formula is C18H22O2S. The second-order valence-corrected chi connectivity index (χ2v) is 6.31. The van der Waals surface area contributed by atoms with Gasteiger partial charge in [0.25, 0.3) is 0 Å². The Morgan fingerprint density at radius 2 is 2.00 bits per heavy atom. The van der Waals surface area contributed by atoms with Gasteiger partial charge in [-0.2, -0.15) is 0 Å². The number of benzene rings is 1. The predicted molar refractivity (Wildman–Crippen MR) is 89.1 cm³/mol. The van der Waals surface area contributed by atoms with E-state index in [4.69, 9.17) is 4.74 Å². The van der Waals surface area contributed by atoms with Crippen LogP contribution >= 0.6 is 11.8 Å². The van der Waals surface area contributed by atoms with Crippen LogP contribution in [0.15, 0.2) is 47.4 Å². The third-order valence-corrected chi connectivity index (χ3v) is 3.49. The fourth-order valence-electron chi connectivity index (χ4n) is 1.62. The zero-order chi connectivity index (χ0) is 15.7.